The largest absolute Gasteiger partial charge is 0.494 e. The summed E-state index contributed by atoms with van der Waals surface area (Å²) in [5.41, 5.74) is 2.90. The van der Waals surface area contributed by atoms with Crippen LogP contribution in [0.5, 0.6) is 5.75 Å². The summed E-state index contributed by atoms with van der Waals surface area (Å²) < 4.78 is 7.02. The summed E-state index contributed by atoms with van der Waals surface area (Å²) in [5, 5.41) is 0.680. The average molecular weight is 418 g/mol. The van der Waals surface area contributed by atoms with E-state index in [4.69, 9.17) is 16.3 Å². The number of halogens is 3. The van der Waals surface area contributed by atoms with Crippen molar-refractivity contribution < 1.29 is 4.74 Å². The standard InChI is InChI=1S/C15H12Br2ClNO/c1-9-3-4-11(18)7-14(9)19-8-10-5-12(16)15(20-2)13(17)6-10/h3-8H,1-2H3. The van der Waals surface area contributed by atoms with Gasteiger partial charge in [0, 0.05) is 11.2 Å². The number of benzene rings is 2. The summed E-state index contributed by atoms with van der Waals surface area (Å²) in [7, 11) is 1.63. The molecule has 0 saturated heterocycles. The van der Waals surface area contributed by atoms with E-state index in [1.807, 2.05) is 37.3 Å². The Hall–Kier alpha value is -0.840. The first-order valence-corrected chi connectivity index (χ1v) is 7.81. The normalized spacial score (nSPS) is 11.1. The summed E-state index contributed by atoms with van der Waals surface area (Å²) in [6.45, 7) is 2.00. The zero-order chi connectivity index (χ0) is 14.7. The monoisotopic (exact) mass is 415 g/mol. The maximum absolute atomic E-state index is 5.98. The summed E-state index contributed by atoms with van der Waals surface area (Å²) >= 11 is 12.9. The lowest BCUT2D eigenvalue weighted by atomic mass is 10.2. The van der Waals surface area contributed by atoms with Gasteiger partial charge in [-0.25, -0.2) is 0 Å². The van der Waals surface area contributed by atoms with Gasteiger partial charge in [-0.3, -0.25) is 4.99 Å². The molecule has 0 aliphatic rings. The summed E-state index contributed by atoms with van der Waals surface area (Å²) in [4.78, 5) is 4.48. The zero-order valence-electron chi connectivity index (χ0n) is 11.0. The molecular weight excluding hydrogens is 405 g/mol. The third kappa shape index (κ3) is 3.62. The molecule has 2 rings (SSSR count). The minimum atomic E-state index is 0.680. The maximum atomic E-state index is 5.98. The van der Waals surface area contributed by atoms with Crippen LogP contribution in [0.25, 0.3) is 0 Å². The third-order valence-corrected chi connectivity index (χ3v) is 4.16. The van der Waals surface area contributed by atoms with E-state index in [1.165, 1.54) is 0 Å². The first-order chi connectivity index (χ1) is 9.51. The molecule has 0 aliphatic heterocycles. The molecule has 0 aromatic heterocycles. The van der Waals surface area contributed by atoms with Gasteiger partial charge < -0.3 is 4.74 Å². The van der Waals surface area contributed by atoms with Gasteiger partial charge in [0.05, 0.1) is 21.7 Å². The highest BCUT2D eigenvalue weighted by Gasteiger charge is 2.06. The molecule has 2 aromatic rings. The van der Waals surface area contributed by atoms with Gasteiger partial charge in [-0.05, 0) is 74.2 Å². The Bertz CT molecular complexity index is 648. The van der Waals surface area contributed by atoms with Crippen LogP contribution in [-0.4, -0.2) is 13.3 Å². The summed E-state index contributed by atoms with van der Waals surface area (Å²) in [5.74, 6) is 0.765. The minimum Gasteiger partial charge on any atom is -0.494 e. The van der Waals surface area contributed by atoms with E-state index < -0.39 is 0 Å². The van der Waals surface area contributed by atoms with E-state index in [-0.39, 0.29) is 0 Å². The molecule has 0 unspecified atom stereocenters. The topological polar surface area (TPSA) is 21.6 Å². The highest BCUT2D eigenvalue weighted by molar-refractivity contribution is 9.11. The van der Waals surface area contributed by atoms with Crippen LogP contribution in [0.1, 0.15) is 11.1 Å². The second kappa shape index (κ2) is 6.74. The fraction of sp³-hybridized carbons (Fsp3) is 0.133. The lowest BCUT2D eigenvalue weighted by Gasteiger charge is -2.07. The third-order valence-electron chi connectivity index (χ3n) is 2.75. The molecule has 5 heteroatoms. The number of hydrogen-bond donors (Lipinski definition) is 0. The Labute approximate surface area is 140 Å². The number of methoxy groups -OCH3 is 1. The number of ether oxygens (including phenoxy) is 1. The molecule has 0 spiro atoms. The Morgan fingerprint density at radius 2 is 1.80 bits per heavy atom. The molecule has 0 aliphatic carbocycles. The van der Waals surface area contributed by atoms with Crippen LogP contribution in [0.4, 0.5) is 5.69 Å². The molecule has 0 heterocycles. The average Bonchev–Trinajstić information content (AvgIpc) is 2.39. The van der Waals surface area contributed by atoms with Crippen molar-refractivity contribution in [1.29, 1.82) is 0 Å². The summed E-state index contributed by atoms with van der Waals surface area (Å²) in [6, 6.07) is 9.56. The smallest absolute Gasteiger partial charge is 0.147 e. The molecule has 2 nitrogen and oxygen atoms in total. The Balaban J connectivity index is 2.34. The molecule has 0 atom stereocenters. The zero-order valence-corrected chi connectivity index (χ0v) is 14.9. The van der Waals surface area contributed by atoms with Crippen LogP contribution in [0.3, 0.4) is 0 Å². The quantitative estimate of drug-likeness (QED) is 0.567. The van der Waals surface area contributed by atoms with Crippen LogP contribution in [0, 0.1) is 6.92 Å². The van der Waals surface area contributed by atoms with Crippen LogP contribution in [0.15, 0.2) is 44.3 Å². The highest BCUT2D eigenvalue weighted by atomic mass is 79.9. The second-order valence-corrected chi connectivity index (χ2v) is 6.35. The van der Waals surface area contributed by atoms with E-state index in [0.29, 0.717) is 5.02 Å². The van der Waals surface area contributed by atoms with E-state index in [0.717, 1.165) is 31.5 Å². The van der Waals surface area contributed by atoms with Crippen LogP contribution in [0.2, 0.25) is 5.02 Å². The molecule has 0 bridgehead atoms. The van der Waals surface area contributed by atoms with Crippen LogP contribution in [-0.2, 0) is 0 Å². The van der Waals surface area contributed by atoms with Crippen LogP contribution < -0.4 is 4.74 Å². The molecule has 0 saturated carbocycles. The van der Waals surface area contributed by atoms with Gasteiger partial charge in [0.2, 0.25) is 0 Å². The van der Waals surface area contributed by atoms with E-state index in [9.17, 15) is 0 Å². The molecule has 104 valence electrons. The van der Waals surface area contributed by atoms with Crippen molar-refractivity contribution >= 4 is 55.4 Å². The SMILES string of the molecule is COc1c(Br)cc(C=Nc2cc(Cl)ccc2C)cc1Br. The molecule has 0 N–H and O–H groups in total. The van der Waals surface area contributed by atoms with Crippen molar-refractivity contribution in [2.24, 2.45) is 4.99 Å². The number of rotatable bonds is 3. The number of aryl methyl sites for hydroxylation is 1. The van der Waals surface area contributed by atoms with Gasteiger partial charge in [-0.1, -0.05) is 17.7 Å². The predicted molar refractivity (Wildman–Crippen MR) is 91.8 cm³/mol. The summed E-state index contributed by atoms with van der Waals surface area (Å²) in [6.07, 6.45) is 1.80. The fourth-order valence-corrected chi connectivity index (χ4v) is 3.43. The van der Waals surface area contributed by atoms with E-state index >= 15 is 0 Å². The van der Waals surface area contributed by atoms with Gasteiger partial charge >= 0.3 is 0 Å². The molecule has 0 amide bonds. The number of hydrogen-bond acceptors (Lipinski definition) is 2. The molecular formula is C15H12Br2ClNO. The highest BCUT2D eigenvalue weighted by Crippen LogP contribution is 2.34. The molecule has 0 fully saturated rings. The molecule has 20 heavy (non-hydrogen) atoms. The van der Waals surface area contributed by atoms with Crippen LogP contribution >= 0.6 is 43.5 Å². The van der Waals surface area contributed by atoms with Gasteiger partial charge in [-0.2, -0.15) is 0 Å². The van der Waals surface area contributed by atoms with Gasteiger partial charge in [-0.15, -0.1) is 0 Å². The van der Waals surface area contributed by atoms with Crippen molar-refractivity contribution in [3.63, 3.8) is 0 Å². The molecule has 2 aromatic carbocycles. The minimum absolute atomic E-state index is 0.680. The lowest BCUT2D eigenvalue weighted by Crippen LogP contribution is -1.89. The number of aliphatic imine (C=N–C) groups is 1. The van der Waals surface area contributed by atoms with Crippen molar-refractivity contribution in [3.05, 3.63) is 55.4 Å². The van der Waals surface area contributed by atoms with Crippen molar-refractivity contribution in [2.45, 2.75) is 6.92 Å². The Morgan fingerprint density at radius 1 is 1.15 bits per heavy atom. The van der Waals surface area contributed by atoms with E-state index in [2.05, 4.69) is 36.9 Å². The first kappa shape index (κ1) is 15.5. The fourth-order valence-electron chi connectivity index (χ4n) is 1.71. The van der Waals surface area contributed by atoms with Crippen molar-refractivity contribution in [1.82, 2.24) is 0 Å². The van der Waals surface area contributed by atoms with Crippen molar-refractivity contribution in [2.75, 3.05) is 7.11 Å². The maximum Gasteiger partial charge on any atom is 0.147 e. The van der Waals surface area contributed by atoms with Crippen molar-refractivity contribution in [3.8, 4) is 5.75 Å². The lowest BCUT2D eigenvalue weighted by molar-refractivity contribution is 0.409. The Morgan fingerprint density at radius 3 is 2.40 bits per heavy atom. The van der Waals surface area contributed by atoms with Gasteiger partial charge in [0.1, 0.15) is 5.75 Å². The van der Waals surface area contributed by atoms with E-state index in [1.54, 1.807) is 13.3 Å². The molecule has 0 radical (unpaired) electrons. The Kier molecular flexibility index (Phi) is 5.24. The van der Waals surface area contributed by atoms with Gasteiger partial charge in [0.25, 0.3) is 0 Å². The second-order valence-electron chi connectivity index (χ2n) is 4.21. The number of nitrogens with zero attached hydrogens (tertiary/aromatic N) is 1. The first-order valence-electron chi connectivity index (χ1n) is 5.84. The predicted octanol–water partition coefficient (Wildman–Crippen LogP) is 5.93. The van der Waals surface area contributed by atoms with Gasteiger partial charge in [0.15, 0.2) is 0 Å².